The molecule has 7 heteroatoms. The smallest absolute Gasteiger partial charge is 0.256 e. The highest BCUT2D eigenvalue weighted by Gasteiger charge is 2.51. The van der Waals surface area contributed by atoms with Gasteiger partial charge in [0.15, 0.2) is 11.6 Å². The Bertz CT molecular complexity index is 1020. The zero-order chi connectivity index (χ0) is 22.3. The molecular formula is C25H26F2N2O2S. The van der Waals surface area contributed by atoms with E-state index < -0.39 is 17.5 Å². The Morgan fingerprint density at radius 3 is 2.25 bits per heavy atom. The van der Waals surface area contributed by atoms with Crippen LogP contribution in [0.2, 0.25) is 0 Å². The lowest BCUT2D eigenvalue weighted by atomic mass is 9.53. The number of rotatable bonds is 6. The van der Waals surface area contributed by atoms with Gasteiger partial charge in [0.25, 0.3) is 5.91 Å². The van der Waals surface area contributed by atoms with E-state index in [2.05, 4.69) is 10.6 Å². The minimum Gasteiger partial charge on any atom is -0.350 e. The molecular weight excluding hydrogens is 430 g/mol. The van der Waals surface area contributed by atoms with E-state index >= 15 is 0 Å². The number of thioether (sulfide) groups is 1. The third-order valence-corrected chi connectivity index (χ3v) is 8.18. The van der Waals surface area contributed by atoms with Crippen LogP contribution in [0.4, 0.5) is 14.5 Å². The molecule has 6 rings (SSSR count). The van der Waals surface area contributed by atoms with Crippen molar-refractivity contribution in [2.75, 3.05) is 11.1 Å². The molecule has 0 saturated heterocycles. The van der Waals surface area contributed by atoms with Gasteiger partial charge in [0.2, 0.25) is 5.91 Å². The molecule has 4 fully saturated rings. The SMILES string of the molecule is O=C(CSc1ccccc1C(=O)Nc1ccc(F)c(F)c1)NC12CC3CC(CC(C3)C1)C2. The minimum absolute atomic E-state index is 0.00719. The molecule has 0 aliphatic heterocycles. The molecule has 4 saturated carbocycles. The summed E-state index contributed by atoms with van der Waals surface area (Å²) in [6, 6.07) is 10.2. The largest absolute Gasteiger partial charge is 0.350 e. The Balaban J connectivity index is 1.22. The molecule has 0 atom stereocenters. The summed E-state index contributed by atoms with van der Waals surface area (Å²) >= 11 is 1.32. The fourth-order valence-electron chi connectivity index (χ4n) is 6.29. The number of hydrogen-bond donors (Lipinski definition) is 2. The first kappa shape index (κ1) is 21.4. The van der Waals surface area contributed by atoms with E-state index in [1.807, 2.05) is 6.07 Å². The van der Waals surface area contributed by atoms with Gasteiger partial charge in [0, 0.05) is 22.2 Å². The zero-order valence-electron chi connectivity index (χ0n) is 17.7. The van der Waals surface area contributed by atoms with Gasteiger partial charge in [-0.1, -0.05) is 12.1 Å². The van der Waals surface area contributed by atoms with Crippen LogP contribution in [0, 0.1) is 29.4 Å². The third kappa shape index (κ3) is 4.40. The number of amides is 2. The van der Waals surface area contributed by atoms with Crippen molar-refractivity contribution in [3.8, 4) is 0 Å². The monoisotopic (exact) mass is 456 g/mol. The number of benzene rings is 2. The van der Waals surface area contributed by atoms with Crippen LogP contribution in [0.25, 0.3) is 0 Å². The molecule has 32 heavy (non-hydrogen) atoms. The first-order valence-electron chi connectivity index (χ1n) is 11.2. The van der Waals surface area contributed by atoms with Gasteiger partial charge < -0.3 is 10.6 Å². The summed E-state index contributed by atoms with van der Waals surface area (Å²) < 4.78 is 26.6. The average Bonchev–Trinajstić information content (AvgIpc) is 2.74. The quantitative estimate of drug-likeness (QED) is 0.573. The molecule has 0 aromatic heterocycles. The Hall–Kier alpha value is -2.41. The maximum Gasteiger partial charge on any atom is 0.256 e. The highest BCUT2D eigenvalue weighted by atomic mass is 32.2. The van der Waals surface area contributed by atoms with Crippen LogP contribution in [0.5, 0.6) is 0 Å². The Kier molecular flexibility index (Phi) is 5.70. The molecule has 2 amide bonds. The summed E-state index contributed by atoms with van der Waals surface area (Å²) in [6.45, 7) is 0. The van der Waals surface area contributed by atoms with Gasteiger partial charge in [-0.2, -0.15) is 0 Å². The van der Waals surface area contributed by atoms with Crippen LogP contribution in [-0.2, 0) is 4.79 Å². The maximum atomic E-state index is 13.5. The lowest BCUT2D eigenvalue weighted by molar-refractivity contribution is -0.124. The number of carbonyl (C=O) groups excluding carboxylic acids is 2. The predicted octanol–water partition coefficient (Wildman–Crippen LogP) is 5.39. The zero-order valence-corrected chi connectivity index (χ0v) is 18.5. The summed E-state index contributed by atoms with van der Waals surface area (Å²) in [5.41, 5.74) is 0.536. The lowest BCUT2D eigenvalue weighted by Gasteiger charge is -2.56. The molecule has 2 aromatic rings. The molecule has 4 aliphatic rings. The molecule has 0 radical (unpaired) electrons. The van der Waals surface area contributed by atoms with Crippen molar-refractivity contribution in [3.05, 3.63) is 59.7 Å². The van der Waals surface area contributed by atoms with Gasteiger partial charge >= 0.3 is 0 Å². The van der Waals surface area contributed by atoms with Gasteiger partial charge in [-0.15, -0.1) is 11.8 Å². The van der Waals surface area contributed by atoms with Crippen molar-refractivity contribution in [2.24, 2.45) is 17.8 Å². The van der Waals surface area contributed by atoms with Crippen LogP contribution in [0.1, 0.15) is 48.9 Å². The fraction of sp³-hybridized carbons (Fsp3) is 0.440. The number of halogens is 2. The summed E-state index contributed by atoms with van der Waals surface area (Å²) in [6.07, 6.45) is 7.27. The highest BCUT2D eigenvalue weighted by Crippen LogP contribution is 2.55. The van der Waals surface area contributed by atoms with Crippen LogP contribution in [0.15, 0.2) is 47.4 Å². The van der Waals surface area contributed by atoms with Crippen molar-refractivity contribution in [1.82, 2.24) is 5.32 Å². The van der Waals surface area contributed by atoms with Gasteiger partial charge in [0.1, 0.15) is 0 Å². The molecule has 0 heterocycles. The van der Waals surface area contributed by atoms with E-state index in [4.69, 9.17) is 0 Å². The van der Waals surface area contributed by atoms with Crippen molar-refractivity contribution in [3.63, 3.8) is 0 Å². The second-order valence-corrected chi connectivity index (χ2v) is 10.6. The van der Waals surface area contributed by atoms with Gasteiger partial charge in [-0.3, -0.25) is 9.59 Å². The van der Waals surface area contributed by atoms with E-state index in [1.165, 1.54) is 37.1 Å². The summed E-state index contributed by atoms with van der Waals surface area (Å²) in [7, 11) is 0. The van der Waals surface area contributed by atoms with E-state index in [0.717, 1.165) is 49.1 Å². The van der Waals surface area contributed by atoms with Gasteiger partial charge in [0.05, 0.1) is 11.3 Å². The Morgan fingerprint density at radius 2 is 1.59 bits per heavy atom. The minimum atomic E-state index is -1.02. The van der Waals surface area contributed by atoms with Crippen LogP contribution in [-0.4, -0.2) is 23.1 Å². The molecule has 0 spiro atoms. The fourth-order valence-corrected chi connectivity index (χ4v) is 7.14. The first-order chi connectivity index (χ1) is 15.4. The van der Waals surface area contributed by atoms with Crippen LogP contribution >= 0.6 is 11.8 Å². The molecule has 4 nitrogen and oxygen atoms in total. The van der Waals surface area contributed by atoms with Crippen molar-refractivity contribution in [1.29, 1.82) is 0 Å². The Labute approximate surface area is 190 Å². The highest BCUT2D eigenvalue weighted by molar-refractivity contribution is 8.00. The molecule has 2 N–H and O–H groups in total. The second kappa shape index (κ2) is 8.50. The summed E-state index contributed by atoms with van der Waals surface area (Å²) in [4.78, 5) is 26.2. The molecule has 0 unspecified atom stereocenters. The molecule has 168 valence electrons. The van der Waals surface area contributed by atoms with Gasteiger partial charge in [-0.05, 0) is 80.5 Å². The van der Waals surface area contributed by atoms with E-state index in [1.54, 1.807) is 18.2 Å². The van der Waals surface area contributed by atoms with Crippen molar-refractivity contribution in [2.45, 2.75) is 49.0 Å². The topological polar surface area (TPSA) is 58.2 Å². The number of hydrogen-bond acceptors (Lipinski definition) is 3. The molecule has 2 aromatic carbocycles. The van der Waals surface area contributed by atoms with E-state index in [0.29, 0.717) is 10.5 Å². The second-order valence-electron chi connectivity index (χ2n) is 9.61. The van der Waals surface area contributed by atoms with Crippen LogP contribution < -0.4 is 10.6 Å². The number of anilines is 1. The summed E-state index contributed by atoms with van der Waals surface area (Å²) in [5.74, 6) is 0.0981. The van der Waals surface area contributed by atoms with E-state index in [-0.39, 0.29) is 22.9 Å². The summed E-state index contributed by atoms with van der Waals surface area (Å²) in [5, 5.41) is 5.96. The third-order valence-electron chi connectivity index (χ3n) is 7.11. The van der Waals surface area contributed by atoms with E-state index in [9.17, 15) is 18.4 Å². The molecule has 4 aliphatic carbocycles. The lowest BCUT2D eigenvalue weighted by Crippen LogP contribution is -2.60. The standard InChI is InChI=1S/C25H26F2N2O2S/c26-20-6-5-18(10-21(20)27)28-24(31)19-3-1-2-4-22(19)32-14-23(30)29-25-11-15-7-16(12-25)9-17(8-15)13-25/h1-6,10,15-17H,7-9,11-14H2,(H,28,31)(H,29,30). The Morgan fingerprint density at radius 1 is 0.938 bits per heavy atom. The number of carbonyl (C=O) groups is 2. The normalized spacial score (nSPS) is 27.9. The van der Waals surface area contributed by atoms with Crippen molar-refractivity contribution >= 4 is 29.3 Å². The molecule has 4 bridgehead atoms. The maximum absolute atomic E-state index is 13.5. The van der Waals surface area contributed by atoms with Gasteiger partial charge in [-0.25, -0.2) is 8.78 Å². The average molecular weight is 457 g/mol. The van der Waals surface area contributed by atoms with Crippen molar-refractivity contribution < 1.29 is 18.4 Å². The number of nitrogens with one attached hydrogen (secondary N) is 2. The first-order valence-corrected chi connectivity index (χ1v) is 12.2. The van der Waals surface area contributed by atoms with Crippen LogP contribution in [0.3, 0.4) is 0 Å². The predicted molar refractivity (Wildman–Crippen MR) is 121 cm³/mol.